The van der Waals surface area contributed by atoms with E-state index in [1.54, 1.807) is 18.2 Å². The number of carboxylic acid groups (broad SMARTS) is 1. The molecule has 0 aliphatic carbocycles. The van der Waals surface area contributed by atoms with Gasteiger partial charge in [0.05, 0.1) is 6.10 Å². The van der Waals surface area contributed by atoms with Crippen molar-refractivity contribution in [1.82, 2.24) is 0 Å². The van der Waals surface area contributed by atoms with Crippen molar-refractivity contribution in [3.8, 4) is 5.75 Å². The Morgan fingerprint density at radius 3 is 2.64 bits per heavy atom. The van der Waals surface area contributed by atoms with E-state index in [1.165, 1.54) is 0 Å². The molecule has 76 valence electrons. The number of carboxylic acids is 1. The van der Waals surface area contributed by atoms with Crippen LogP contribution in [0.3, 0.4) is 0 Å². The summed E-state index contributed by atoms with van der Waals surface area (Å²) in [5, 5.41) is 8.95. The Morgan fingerprint density at radius 1 is 1.50 bits per heavy atom. The molecule has 0 heterocycles. The van der Waals surface area contributed by atoms with Crippen LogP contribution >= 0.6 is 15.9 Å². The zero-order valence-corrected chi connectivity index (χ0v) is 9.54. The van der Waals surface area contributed by atoms with Gasteiger partial charge in [-0.15, -0.1) is 0 Å². The Kier molecular flexibility index (Phi) is 3.52. The molecule has 0 spiro atoms. The highest BCUT2D eigenvalue weighted by Crippen LogP contribution is 2.27. The summed E-state index contributed by atoms with van der Waals surface area (Å²) in [4.78, 5) is 10.9. The van der Waals surface area contributed by atoms with Crippen LogP contribution in [-0.2, 0) is 0 Å². The molecule has 1 aromatic carbocycles. The maximum Gasteiger partial charge on any atom is 0.340 e. The van der Waals surface area contributed by atoms with E-state index >= 15 is 0 Å². The molecule has 0 bridgehead atoms. The number of rotatable bonds is 3. The van der Waals surface area contributed by atoms with Gasteiger partial charge in [0.15, 0.2) is 0 Å². The molecule has 1 aromatic rings. The first-order chi connectivity index (χ1) is 6.52. The molecule has 0 radical (unpaired) electrons. The monoisotopic (exact) mass is 258 g/mol. The number of ether oxygens (including phenoxy) is 1. The fourth-order valence-corrected chi connectivity index (χ4v) is 1.58. The van der Waals surface area contributed by atoms with Crippen LogP contribution in [0.1, 0.15) is 24.2 Å². The smallest absolute Gasteiger partial charge is 0.340 e. The Bertz CT molecular complexity index is 347. The van der Waals surface area contributed by atoms with Gasteiger partial charge in [0.25, 0.3) is 0 Å². The van der Waals surface area contributed by atoms with Crippen molar-refractivity contribution in [3.05, 3.63) is 28.2 Å². The van der Waals surface area contributed by atoms with E-state index in [0.717, 1.165) is 0 Å². The first kappa shape index (κ1) is 11.0. The maximum absolute atomic E-state index is 10.9. The molecule has 0 unspecified atom stereocenters. The predicted octanol–water partition coefficient (Wildman–Crippen LogP) is 2.93. The van der Waals surface area contributed by atoms with Crippen LogP contribution in [0.4, 0.5) is 0 Å². The second-order valence-electron chi connectivity index (χ2n) is 3.08. The Morgan fingerprint density at radius 2 is 2.14 bits per heavy atom. The first-order valence-electron chi connectivity index (χ1n) is 4.21. The molecular formula is C10H11BrO3. The number of halogens is 1. The number of hydrogen-bond acceptors (Lipinski definition) is 2. The van der Waals surface area contributed by atoms with Crippen LogP contribution in [0.15, 0.2) is 22.7 Å². The van der Waals surface area contributed by atoms with Crippen molar-refractivity contribution in [2.45, 2.75) is 20.0 Å². The molecule has 4 heteroatoms. The Hall–Kier alpha value is -1.03. The van der Waals surface area contributed by atoms with Gasteiger partial charge in [0.2, 0.25) is 0 Å². The molecular weight excluding hydrogens is 248 g/mol. The average Bonchev–Trinajstić information content (AvgIpc) is 2.01. The van der Waals surface area contributed by atoms with Gasteiger partial charge in [-0.3, -0.25) is 0 Å². The van der Waals surface area contributed by atoms with Crippen molar-refractivity contribution < 1.29 is 14.6 Å². The highest BCUT2D eigenvalue weighted by Gasteiger charge is 2.15. The van der Waals surface area contributed by atoms with Crippen molar-refractivity contribution >= 4 is 21.9 Å². The Balaban J connectivity index is 3.14. The van der Waals surface area contributed by atoms with Crippen molar-refractivity contribution in [1.29, 1.82) is 0 Å². The molecule has 0 aliphatic rings. The Labute approximate surface area is 90.8 Å². The second kappa shape index (κ2) is 4.46. The molecule has 0 saturated carbocycles. The lowest BCUT2D eigenvalue weighted by Crippen LogP contribution is -2.10. The molecule has 14 heavy (non-hydrogen) atoms. The van der Waals surface area contributed by atoms with E-state index in [0.29, 0.717) is 10.2 Å². The van der Waals surface area contributed by atoms with Crippen LogP contribution in [0, 0.1) is 0 Å². The molecule has 0 amide bonds. The second-order valence-corrected chi connectivity index (χ2v) is 3.94. The van der Waals surface area contributed by atoms with E-state index < -0.39 is 5.97 Å². The third-order valence-electron chi connectivity index (χ3n) is 1.55. The summed E-state index contributed by atoms with van der Waals surface area (Å²) in [6, 6.07) is 5.07. The highest BCUT2D eigenvalue weighted by atomic mass is 79.9. The summed E-state index contributed by atoms with van der Waals surface area (Å²) in [6.45, 7) is 3.71. The van der Waals surface area contributed by atoms with Gasteiger partial charge in [-0.25, -0.2) is 4.79 Å². The van der Waals surface area contributed by atoms with Crippen LogP contribution in [-0.4, -0.2) is 17.2 Å². The highest BCUT2D eigenvalue weighted by molar-refractivity contribution is 9.10. The zero-order valence-electron chi connectivity index (χ0n) is 7.95. The fraction of sp³-hybridized carbons (Fsp3) is 0.300. The van der Waals surface area contributed by atoms with E-state index in [4.69, 9.17) is 9.84 Å². The van der Waals surface area contributed by atoms with Gasteiger partial charge < -0.3 is 9.84 Å². The van der Waals surface area contributed by atoms with Crippen LogP contribution in [0.2, 0.25) is 0 Å². The van der Waals surface area contributed by atoms with Gasteiger partial charge in [-0.05, 0) is 41.9 Å². The zero-order chi connectivity index (χ0) is 10.7. The fourth-order valence-electron chi connectivity index (χ4n) is 1.06. The standard InChI is InChI=1S/C10H11BrO3/c1-6(2)14-8-5-3-4-7(11)9(8)10(12)13/h3-6H,1-2H3,(H,12,13). The average molecular weight is 259 g/mol. The molecule has 0 atom stereocenters. The van der Waals surface area contributed by atoms with Crippen molar-refractivity contribution in [2.24, 2.45) is 0 Å². The summed E-state index contributed by atoms with van der Waals surface area (Å²) in [6.07, 6.45) is -0.0394. The van der Waals surface area contributed by atoms with Crippen LogP contribution in [0.25, 0.3) is 0 Å². The normalized spacial score (nSPS) is 10.3. The van der Waals surface area contributed by atoms with Crippen LogP contribution in [0.5, 0.6) is 5.75 Å². The first-order valence-corrected chi connectivity index (χ1v) is 5.00. The summed E-state index contributed by atoms with van der Waals surface area (Å²) < 4.78 is 5.91. The molecule has 3 nitrogen and oxygen atoms in total. The molecule has 1 rings (SSSR count). The molecule has 0 fully saturated rings. The van der Waals surface area contributed by atoms with Crippen LogP contribution < -0.4 is 4.74 Å². The van der Waals surface area contributed by atoms with Gasteiger partial charge in [-0.1, -0.05) is 6.07 Å². The molecule has 0 aromatic heterocycles. The number of benzene rings is 1. The number of aromatic carboxylic acids is 1. The number of hydrogen-bond donors (Lipinski definition) is 1. The summed E-state index contributed by atoms with van der Waals surface area (Å²) in [5.74, 6) is -0.602. The van der Waals surface area contributed by atoms with Gasteiger partial charge in [0.1, 0.15) is 11.3 Å². The summed E-state index contributed by atoms with van der Waals surface area (Å²) in [7, 11) is 0. The van der Waals surface area contributed by atoms with E-state index in [2.05, 4.69) is 15.9 Å². The lowest BCUT2D eigenvalue weighted by atomic mass is 10.2. The summed E-state index contributed by atoms with van der Waals surface area (Å²) in [5.41, 5.74) is 0.168. The molecule has 0 aliphatic heterocycles. The van der Waals surface area contributed by atoms with Crippen molar-refractivity contribution in [2.75, 3.05) is 0 Å². The van der Waals surface area contributed by atoms with E-state index in [-0.39, 0.29) is 11.7 Å². The predicted molar refractivity (Wildman–Crippen MR) is 56.9 cm³/mol. The largest absolute Gasteiger partial charge is 0.490 e. The lowest BCUT2D eigenvalue weighted by Gasteiger charge is -2.12. The van der Waals surface area contributed by atoms with E-state index in [1.807, 2.05) is 13.8 Å². The van der Waals surface area contributed by atoms with Gasteiger partial charge >= 0.3 is 5.97 Å². The quantitative estimate of drug-likeness (QED) is 0.907. The minimum absolute atomic E-state index is 0.0394. The van der Waals surface area contributed by atoms with Gasteiger partial charge in [0, 0.05) is 4.47 Å². The minimum atomic E-state index is -0.992. The minimum Gasteiger partial charge on any atom is -0.490 e. The van der Waals surface area contributed by atoms with E-state index in [9.17, 15) is 4.79 Å². The summed E-state index contributed by atoms with van der Waals surface area (Å²) >= 11 is 3.18. The molecule has 0 saturated heterocycles. The third kappa shape index (κ3) is 2.48. The topological polar surface area (TPSA) is 46.5 Å². The SMILES string of the molecule is CC(C)Oc1cccc(Br)c1C(=O)O. The van der Waals surface area contributed by atoms with Gasteiger partial charge in [-0.2, -0.15) is 0 Å². The molecule has 1 N–H and O–H groups in total. The lowest BCUT2D eigenvalue weighted by molar-refractivity contribution is 0.0689. The van der Waals surface area contributed by atoms with Crippen molar-refractivity contribution in [3.63, 3.8) is 0 Å². The maximum atomic E-state index is 10.9. The number of carbonyl (C=O) groups is 1. The third-order valence-corrected chi connectivity index (χ3v) is 2.21.